The molecule has 0 saturated carbocycles. The van der Waals surface area contributed by atoms with Crippen LogP contribution in [0.1, 0.15) is 27.3 Å². The minimum atomic E-state index is -1.20. The van der Waals surface area contributed by atoms with E-state index in [1.54, 1.807) is 36.6 Å². The number of hydrogen-bond donors (Lipinski definition) is 1. The molecule has 15 heavy (non-hydrogen) atoms. The Bertz CT molecular complexity index is 456. The Kier molecular flexibility index (Phi) is 2.70. The van der Waals surface area contributed by atoms with Crippen LogP contribution in [0.15, 0.2) is 34.1 Å². The molecule has 0 aliphatic heterocycles. The molecule has 0 bridgehead atoms. The third kappa shape index (κ3) is 2.00. The van der Waals surface area contributed by atoms with E-state index in [1.165, 1.54) is 11.3 Å². The third-order valence-electron chi connectivity index (χ3n) is 2.04. The van der Waals surface area contributed by atoms with Crippen LogP contribution in [0.4, 0.5) is 0 Å². The minimum absolute atomic E-state index is 0.297. The highest BCUT2D eigenvalue weighted by Crippen LogP contribution is 2.22. The Morgan fingerprint density at radius 2 is 2.27 bits per heavy atom. The van der Waals surface area contributed by atoms with Gasteiger partial charge in [0.05, 0.1) is 4.88 Å². The van der Waals surface area contributed by atoms with Crippen LogP contribution >= 0.6 is 11.3 Å². The number of aryl methyl sites for hydroxylation is 1. The standard InChI is InChI=1S/C11H10O3S/c1-7-4-5-8(14-7)10(12)11(13)9-3-2-6-15-9/h2-6,10,12H,1H3/t10-/m0/s1. The van der Waals surface area contributed by atoms with Crippen molar-refractivity contribution in [3.63, 3.8) is 0 Å². The van der Waals surface area contributed by atoms with E-state index >= 15 is 0 Å². The second-order valence-corrected chi connectivity index (χ2v) is 4.14. The van der Waals surface area contributed by atoms with Crippen molar-refractivity contribution in [2.24, 2.45) is 0 Å². The zero-order chi connectivity index (χ0) is 10.8. The van der Waals surface area contributed by atoms with Crippen LogP contribution in [0.3, 0.4) is 0 Å². The average molecular weight is 222 g/mol. The summed E-state index contributed by atoms with van der Waals surface area (Å²) in [5.74, 6) is 0.660. The molecule has 78 valence electrons. The van der Waals surface area contributed by atoms with Crippen molar-refractivity contribution in [1.82, 2.24) is 0 Å². The van der Waals surface area contributed by atoms with E-state index in [1.807, 2.05) is 0 Å². The molecular weight excluding hydrogens is 212 g/mol. The highest BCUT2D eigenvalue weighted by molar-refractivity contribution is 7.12. The zero-order valence-corrected chi connectivity index (χ0v) is 8.95. The number of ketones is 1. The fraction of sp³-hybridized carbons (Fsp3) is 0.182. The molecule has 0 radical (unpaired) electrons. The average Bonchev–Trinajstić information content (AvgIpc) is 2.85. The predicted molar refractivity (Wildman–Crippen MR) is 57.1 cm³/mol. The first kappa shape index (κ1) is 10.1. The van der Waals surface area contributed by atoms with Gasteiger partial charge in [0.2, 0.25) is 5.78 Å². The van der Waals surface area contributed by atoms with Gasteiger partial charge in [-0.3, -0.25) is 4.79 Å². The molecular formula is C11H10O3S. The topological polar surface area (TPSA) is 50.4 Å². The summed E-state index contributed by atoms with van der Waals surface area (Å²) in [6, 6.07) is 6.80. The molecule has 0 spiro atoms. The summed E-state index contributed by atoms with van der Waals surface area (Å²) < 4.78 is 5.20. The second-order valence-electron chi connectivity index (χ2n) is 3.19. The summed E-state index contributed by atoms with van der Waals surface area (Å²) in [6.45, 7) is 1.77. The monoisotopic (exact) mass is 222 g/mol. The Morgan fingerprint density at radius 1 is 1.47 bits per heavy atom. The molecule has 3 nitrogen and oxygen atoms in total. The van der Waals surface area contributed by atoms with Crippen LogP contribution in [-0.4, -0.2) is 10.9 Å². The van der Waals surface area contributed by atoms with Crippen molar-refractivity contribution >= 4 is 17.1 Å². The smallest absolute Gasteiger partial charge is 0.208 e. The van der Waals surface area contributed by atoms with E-state index in [9.17, 15) is 9.90 Å². The maximum atomic E-state index is 11.7. The van der Waals surface area contributed by atoms with Crippen molar-refractivity contribution < 1.29 is 14.3 Å². The summed E-state index contributed by atoms with van der Waals surface area (Å²) >= 11 is 1.31. The van der Waals surface area contributed by atoms with Crippen molar-refractivity contribution in [3.05, 3.63) is 46.0 Å². The van der Waals surface area contributed by atoms with Gasteiger partial charge < -0.3 is 9.52 Å². The fourth-order valence-corrected chi connectivity index (χ4v) is 1.97. The van der Waals surface area contributed by atoms with Crippen LogP contribution in [-0.2, 0) is 0 Å². The summed E-state index contributed by atoms with van der Waals surface area (Å²) in [6.07, 6.45) is -1.20. The molecule has 0 saturated heterocycles. The number of aliphatic hydroxyl groups is 1. The maximum absolute atomic E-state index is 11.7. The van der Waals surface area contributed by atoms with Gasteiger partial charge in [0, 0.05) is 0 Å². The molecule has 0 fully saturated rings. The van der Waals surface area contributed by atoms with Crippen molar-refractivity contribution in [3.8, 4) is 0 Å². The maximum Gasteiger partial charge on any atom is 0.208 e. The van der Waals surface area contributed by atoms with Crippen molar-refractivity contribution in [2.45, 2.75) is 13.0 Å². The molecule has 4 heteroatoms. The molecule has 1 atom stereocenters. The highest BCUT2D eigenvalue weighted by atomic mass is 32.1. The lowest BCUT2D eigenvalue weighted by molar-refractivity contribution is 0.0706. The van der Waals surface area contributed by atoms with E-state index in [0.717, 1.165) is 0 Å². The summed E-state index contributed by atoms with van der Waals surface area (Å²) in [7, 11) is 0. The van der Waals surface area contributed by atoms with Gasteiger partial charge in [-0.1, -0.05) is 6.07 Å². The van der Waals surface area contributed by atoms with Gasteiger partial charge in [-0.15, -0.1) is 11.3 Å². The summed E-state index contributed by atoms with van der Waals surface area (Å²) in [5.41, 5.74) is 0. The van der Waals surface area contributed by atoms with Gasteiger partial charge in [0.25, 0.3) is 0 Å². The third-order valence-corrected chi connectivity index (χ3v) is 2.93. The lowest BCUT2D eigenvalue weighted by atomic mass is 10.1. The van der Waals surface area contributed by atoms with E-state index < -0.39 is 6.10 Å². The summed E-state index contributed by atoms with van der Waals surface area (Å²) in [5, 5.41) is 11.5. The number of carbonyl (C=O) groups excluding carboxylic acids is 1. The molecule has 2 rings (SSSR count). The first-order chi connectivity index (χ1) is 7.18. The van der Waals surface area contributed by atoms with Gasteiger partial charge in [-0.05, 0) is 30.5 Å². The number of rotatable bonds is 3. The van der Waals surface area contributed by atoms with Crippen LogP contribution in [0.2, 0.25) is 0 Å². The number of hydrogen-bond acceptors (Lipinski definition) is 4. The van der Waals surface area contributed by atoms with Crippen LogP contribution in [0, 0.1) is 6.92 Å². The fourth-order valence-electron chi connectivity index (χ4n) is 1.28. The van der Waals surface area contributed by atoms with Gasteiger partial charge in [-0.25, -0.2) is 0 Å². The SMILES string of the molecule is Cc1ccc([C@H](O)C(=O)c2cccs2)o1. The summed E-state index contributed by atoms with van der Waals surface area (Å²) in [4.78, 5) is 12.3. The van der Waals surface area contributed by atoms with Gasteiger partial charge in [0.1, 0.15) is 11.5 Å². The Labute approximate surface area is 91.0 Å². The Hall–Kier alpha value is -1.39. The largest absolute Gasteiger partial charge is 0.463 e. The van der Waals surface area contributed by atoms with Gasteiger partial charge in [0.15, 0.2) is 6.10 Å². The van der Waals surface area contributed by atoms with E-state index in [4.69, 9.17) is 4.42 Å². The first-order valence-electron chi connectivity index (χ1n) is 4.50. The molecule has 2 aromatic heterocycles. The number of Topliss-reactive ketones (excluding diaryl/α,β-unsaturated/α-hetero) is 1. The van der Waals surface area contributed by atoms with Crippen molar-refractivity contribution in [1.29, 1.82) is 0 Å². The Balaban J connectivity index is 2.22. The van der Waals surface area contributed by atoms with Gasteiger partial charge in [-0.2, -0.15) is 0 Å². The van der Waals surface area contributed by atoms with Crippen LogP contribution < -0.4 is 0 Å². The molecule has 2 heterocycles. The number of carbonyl (C=O) groups is 1. The second kappa shape index (κ2) is 4.00. The Morgan fingerprint density at radius 3 is 2.80 bits per heavy atom. The molecule has 0 aromatic carbocycles. The number of aliphatic hydroxyl groups excluding tert-OH is 1. The molecule has 1 N–H and O–H groups in total. The number of thiophene rings is 1. The lowest BCUT2D eigenvalue weighted by Crippen LogP contribution is -2.09. The van der Waals surface area contributed by atoms with Crippen LogP contribution in [0.5, 0.6) is 0 Å². The van der Waals surface area contributed by atoms with E-state index in [-0.39, 0.29) is 5.78 Å². The normalized spacial score (nSPS) is 12.7. The van der Waals surface area contributed by atoms with E-state index in [2.05, 4.69) is 0 Å². The van der Waals surface area contributed by atoms with Gasteiger partial charge >= 0.3 is 0 Å². The van der Waals surface area contributed by atoms with E-state index in [0.29, 0.717) is 16.4 Å². The molecule has 2 aromatic rings. The molecule has 0 aliphatic carbocycles. The highest BCUT2D eigenvalue weighted by Gasteiger charge is 2.22. The van der Waals surface area contributed by atoms with Crippen LogP contribution in [0.25, 0.3) is 0 Å². The quantitative estimate of drug-likeness (QED) is 0.812. The minimum Gasteiger partial charge on any atom is -0.463 e. The lowest BCUT2D eigenvalue weighted by Gasteiger charge is -2.04. The predicted octanol–water partition coefficient (Wildman–Crippen LogP) is 2.57. The molecule has 0 aliphatic rings. The van der Waals surface area contributed by atoms with Crippen molar-refractivity contribution in [2.75, 3.05) is 0 Å². The molecule has 0 unspecified atom stereocenters. The molecule has 0 amide bonds. The first-order valence-corrected chi connectivity index (χ1v) is 5.38. The number of furan rings is 1. The zero-order valence-electron chi connectivity index (χ0n) is 8.14.